The molecule has 2 rings (SSSR count). The van der Waals surface area contributed by atoms with Crippen molar-refractivity contribution in [2.75, 3.05) is 0 Å². The lowest BCUT2D eigenvalue weighted by molar-refractivity contribution is -0.115. The second-order valence-electron chi connectivity index (χ2n) is 4.90. The third kappa shape index (κ3) is 3.98. The lowest BCUT2D eigenvalue weighted by atomic mass is 9.93. The summed E-state index contributed by atoms with van der Waals surface area (Å²) in [5.41, 5.74) is 2.25. The number of nitrogens with zero attached hydrogens (tertiary/aromatic N) is 1. The highest BCUT2D eigenvalue weighted by Gasteiger charge is 2.15. The molecule has 2 unspecified atom stereocenters. The van der Waals surface area contributed by atoms with Gasteiger partial charge in [-0.05, 0) is 48.1 Å². The van der Waals surface area contributed by atoms with Crippen LogP contribution in [-0.4, -0.2) is 18.0 Å². The molecule has 0 aromatic heterocycles. The highest BCUT2D eigenvalue weighted by Crippen LogP contribution is 2.28. The Hall–Kier alpha value is -1.09. The third-order valence-corrected chi connectivity index (χ3v) is 4.13. The average molecular weight is 261 g/mol. The van der Waals surface area contributed by atoms with E-state index in [1.807, 2.05) is 19.2 Å². The Bertz CT molecular complexity index is 439. The number of Topliss-reactive ketones (excluding diaryl/α,β-unsaturated/α-hetero) is 1. The van der Waals surface area contributed by atoms with Crippen LogP contribution in [0, 0.1) is 5.92 Å². The molecule has 0 saturated carbocycles. The van der Waals surface area contributed by atoms with E-state index < -0.39 is 0 Å². The van der Waals surface area contributed by atoms with Crippen LogP contribution in [0.2, 0.25) is 0 Å². The Kier molecular flexibility index (Phi) is 4.59. The molecule has 2 nitrogen and oxygen atoms in total. The zero-order chi connectivity index (χ0) is 13.0. The minimum absolute atomic E-state index is 0.199. The Morgan fingerprint density at radius 3 is 3.11 bits per heavy atom. The molecule has 2 heterocycles. The van der Waals surface area contributed by atoms with Gasteiger partial charge in [0.2, 0.25) is 0 Å². The molecule has 0 radical (unpaired) electrons. The van der Waals surface area contributed by atoms with Gasteiger partial charge in [-0.25, -0.2) is 0 Å². The van der Waals surface area contributed by atoms with Gasteiger partial charge < -0.3 is 0 Å². The molecular weight excluding hydrogens is 242 g/mol. The summed E-state index contributed by atoms with van der Waals surface area (Å²) in [6.45, 7) is 4.12. The van der Waals surface area contributed by atoms with E-state index in [1.54, 1.807) is 11.8 Å². The summed E-state index contributed by atoms with van der Waals surface area (Å²) in [6.07, 6.45) is 8.59. The van der Waals surface area contributed by atoms with Gasteiger partial charge in [0.05, 0.1) is 0 Å². The maximum Gasteiger partial charge on any atom is 0.158 e. The highest BCUT2D eigenvalue weighted by atomic mass is 32.2. The van der Waals surface area contributed by atoms with Crippen molar-refractivity contribution in [3.8, 4) is 0 Å². The Morgan fingerprint density at radius 2 is 2.39 bits per heavy atom. The minimum atomic E-state index is 0.199. The maximum absolute atomic E-state index is 12.0. The van der Waals surface area contributed by atoms with Gasteiger partial charge in [-0.2, -0.15) is 0 Å². The summed E-state index contributed by atoms with van der Waals surface area (Å²) in [4.78, 5) is 16.0. The number of rotatable bonds is 5. The molecule has 0 bridgehead atoms. The van der Waals surface area contributed by atoms with Gasteiger partial charge in [0.15, 0.2) is 5.78 Å². The normalized spacial score (nSPS) is 26.8. The van der Waals surface area contributed by atoms with Crippen LogP contribution < -0.4 is 0 Å². The standard InChI is InChI=1S/C15H19NOS/c1-11-4-3-7-18-10-13(11)5-6-15(17)12(2)8-14-9-16-14/h3,7-11,14H,4-6H2,1-2H3/b12-8+. The highest BCUT2D eigenvalue weighted by molar-refractivity contribution is 8.04. The number of aliphatic imine (C=N–C) groups is 1. The van der Waals surface area contributed by atoms with Crippen molar-refractivity contribution in [1.82, 2.24) is 0 Å². The third-order valence-electron chi connectivity index (χ3n) is 3.34. The molecule has 0 aliphatic carbocycles. The fraction of sp³-hybridized carbons (Fsp3) is 0.467. The fourth-order valence-corrected chi connectivity index (χ4v) is 2.78. The quantitative estimate of drug-likeness (QED) is 0.702. The van der Waals surface area contributed by atoms with E-state index in [2.05, 4.69) is 28.8 Å². The second-order valence-corrected chi connectivity index (χ2v) is 5.68. The van der Waals surface area contributed by atoms with Crippen molar-refractivity contribution in [3.05, 3.63) is 34.1 Å². The zero-order valence-corrected chi connectivity index (χ0v) is 11.7. The van der Waals surface area contributed by atoms with Gasteiger partial charge in [-0.3, -0.25) is 9.79 Å². The van der Waals surface area contributed by atoms with E-state index in [0.29, 0.717) is 12.3 Å². The number of allylic oxidation sites excluding steroid dienone is 3. The number of ketones is 1. The van der Waals surface area contributed by atoms with E-state index >= 15 is 0 Å². The summed E-state index contributed by atoms with van der Waals surface area (Å²) < 4.78 is 0. The van der Waals surface area contributed by atoms with Crippen molar-refractivity contribution < 1.29 is 4.79 Å². The van der Waals surface area contributed by atoms with Gasteiger partial charge in [-0.1, -0.05) is 18.6 Å². The number of hydrogen-bond donors (Lipinski definition) is 0. The molecule has 0 fully saturated rings. The van der Waals surface area contributed by atoms with Crippen LogP contribution in [0.5, 0.6) is 0 Å². The molecule has 0 aromatic carbocycles. The topological polar surface area (TPSA) is 29.4 Å². The second kappa shape index (κ2) is 6.19. The predicted octanol–water partition coefficient (Wildman–Crippen LogP) is 3.91. The summed E-state index contributed by atoms with van der Waals surface area (Å²) in [5, 5.41) is 4.32. The zero-order valence-electron chi connectivity index (χ0n) is 10.9. The molecule has 0 N–H and O–H groups in total. The van der Waals surface area contributed by atoms with Gasteiger partial charge in [0.25, 0.3) is 0 Å². The van der Waals surface area contributed by atoms with Crippen molar-refractivity contribution in [2.24, 2.45) is 10.9 Å². The van der Waals surface area contributed by atoms with Crippen LogP contribution in [-0.2, 0) is 4.79 Å². The van der Waals surface area contributed by atoms with Crippen molar-refractivity contribution in [2.45, 2.75) is 39.2 Å². The first kappa shape index (κ1) is 13.3. The van der Waals surface area contributed by atoms with Crippen molar-refractivity contribution in [1.29, 1.82) is 0 Å². The Balaban J connectivity index is 1.83. The number of carbonyl (C=O) groups excluding carboxylic acids is 1. The molecule has 96 valence electrons. The van der Waals surface area contributed by atoms with Crippen LogP contribution >= 0.6 is 11.8 Å². The molecule has 0 spiro atoms. The van der Waals surface area contributed by atoms with Crippen molar-refractivity contribution >= 4 is 23.8 Å². The summed E-state index contributed by atoms with van der Waals surface area (Å²) >= 11 is 1.72. The van der Waals surface area contributed by atoms with E-state index in [-0.39, 0.29) is 11.8 Å². The predicted molar refractivity (Wildman–Crippen MR) is 78.9 cm³/mol. The lowest BCUT2D eigenvalue weighted by Gasteiger charge is -2.12. The molecule has 2 aliphatic rings. The Labute approximate surface area is 113 Å². The number of carbonyl (C=O) groups is 1. The SMILES string of the molecule is C/C(=C\C1C=N1)C(=O)CCC1=CSC=CCC1C. The van der Waals surface area contributed by atoms with E-state index in [9.17, 15) is 4.79 Å². The molecule has 2 atom stereocenters. The van der Waals surface area contributed by atoms with Gasteiger partial charge >= 0.3 is 0 Å². The van der Waals surface area contributed by atoms with Gasteiger partial charge in [0, 0.05) is 12.6 Å². The van der Waals surface area contributed by atoms with Crippen molar-refractivity contribution in [3.63, 3.8) is 0 Å². The smallest absolute Gasteiger partial charge is 0.158 e. The van der Waals surface area contributed by atoms with Crippen LogP contribution in [0.1, 0.15) is 33.1 Å². The maximum atomic E-state index is 12.0. The van der Waals surface area contributed by atoms with E-state index in [1.165, 1.54) is 5.57 Å². The van der Waals surface area contributed by atoms with E-state index in [4.69, 9.17) is 0 Å². The van der Waals surface area contributed by atoms with Gasteiger partial charge in [0.1, 0.15) is 6.04 Å². The first-order valence-corrected chi connectivity index (χ1v) is 7.35. The van der Waals surface area contributed by atoms with Crippen LogP contribution in [0.15, 0.2) is 39.1 Å². The Morgan fingerprint density at radius 1 is 1.61 bits per heavy atom. The van der Waals surface area contributed by atoms with Gasteiger partial charge in [-0.15, -0.1) is 11.8 Å². The summed E-state index contributed by atoms with van der Waals surface area (Å²) in [6, 6.07) is 0.199. The van der Waals surface area contributed by atoms with Crippen LogP contribution in [0.4, 0.5) is 0 Å². The molecular formula is C15H19NOS. The average Bonchev–Trinajstić information content (AvgIpc) is 3.15. The van der Waals surface area contributed by atoms with E-state index in [0.717, 1.165) is 18.4 Å². The fourth-order valence-electron chi connectivity index (χ4n) is 1.95. The largest absolute Gasteiger partial charge is 0.295 e. The summed E-state index contributed by atoms with van der Waals surface area (Å²) in [7, 11) is 0. The first-order valence-electron chi connectivity index (χ1n) is 6.41. The van der Waals surface area contributed by atoms with Crippen LogP contribution in [0.3, 0.4) is 0 Å². The summed E-state index contributed by atoms with van der Waals surface area (Å²) in [5.74, 6) is 0.806. The molecule has 0 amide bonds. The monoisotopic (exact) mass is 261 g/mol. The molecule has 2 aliphatic heterocycles. The first-order chi connectivity index (χ1) is 8.66. The molecule has 3 heteroatoms. The number of thioether (sulfide) groups is 1. The molecule has 0 aromatic rings. The lowest BCUT2D eigenvalue weighted by Crippen LogP contribution is -2.05. The number of hydrogen-bond acceptors (Lipinski definition) is 3. The molecule has 0 saturated heterocycles. The molecule has 18 heavy (non-hydrogen) atoms. The van der Waals surface area contributed by atoms with Crippen LogP contribution in [0.25, 0.3) is 0 Å². The minimum Gasteiger partial charge on any atom is -0.295 e.